The fourth-order valence-electron chi connectivity index (χ4n) is 4.03. The van der Waals surface area contributed by atoms with Crippen LogP contribution in [-0.4, -0.2) is 40.4 Å². The zero-order valence-corrected chi connectivity index (χ0v) is 11.8. The molecule has 1 heterocycles. The van der Waals surface area contributed by atoms with Gasteiger partial charge in [-0.2, -0.15) is 0 Å². The van der Waals surface area contributed by atoms with Gasteiger partial charge in [0.15, 0.2) is 0 Å². The van der Waals surface area contributed by atoms with Gasteiger partial charge in [-0.05, 0) is 31.6 Å². The lowest BCUT2D eigenvalue weighted by Gasteiger charge is -2.33. The van der Waals surface area contributed by atoms with E-state index in [0.717, 1.165) is 32.1 Å². The summed E-state index contributed by atoms with van der Waals surface area (Å²) in [6.45, 7) is 2.56. The fraction of sp³-hybridized carbons (Fsp3) is 0.867. The second-order valence-corrected chi connectivity index (χ2v) is 6.54. The zero-order valence-electron chi connectivity index (χ0n) is 11.8. The molecular weight excluding hydrogens is 240 g/mol. The summed E-state index contributed by atoms with van der Waals surface area (Å²) < 4.78 is 0. The SMILES string of the molecule is CC1CCCC(N2C(=O)CN(C3CCCC3)C2=O)C1. The van der Waals surface area contributed by atoms with Gasteiger partial charge in [0, 0.05) is 12.1 Å². The second-order valence-electron chi connectivity index (χ2n) is 6.54. The van der Waals surface area contributed by atoms with Crippen molar-refractivity contribution in [3.63, 3.8) is 0 Å². The number of nitrogens with zero attached hydrogens (tertiary/aromatic N) is 2. The quantitative estimate of drug-likeness (QED) is 0.720. The predicted molar refractivity (Wildman–Crippen MR) is 72.6 cm³/mol. The highest BCUT2D eigenvalue weighted by Crippen LogP contribution is 2.32. The first-order chi connectivity index (χ1) is 9.16. The highest BCUT2D eigenvalue weighted by atomic mass is 16.2. The molecule has 3 rings (SSSR count). The van der Waals surface area contributed by atoms with Gasteiger partial charge < -0.3 is 4.90 Å². The molecule has 1 aliphatic heterocycles. The monoisotopic (exact) mass is 264 g/mol. The van der Waals surface area contributed by atoms with Crippen LogP contribution in [0.3, 0.4) is 0 Å². The summed E-state index contributed by atoms with van der Waals surface area (Å²) >= 11 is 0. The Balaban J connectivity index is 1.71. The van der Waals surface area contributed by atoms with Gasteiger partial charge in [0.2, 0.25) is 0 Å². The molecule has 0 N–H and O–H groups in total. The number of carbonyl (C=O) groups is 2. The van der Waals surface area contributed by atoms with Crippen molar-refractivity contribution >= 4 is 11.9 Å². The molecule has 0 radical (unpaired) electrons. The second kappa shape index (κ2) is 5.14. The molecule has 4 nitrogen and oxygen atoms in total. The van der Waals surface area contributed by atoms with Crippen LogP contribution in [0.25, 0.3) is 0 Å². The maximum absolute atomic E-state index is 12.5. The van der Waals surface area contributed by atoms with Crippen LogP contribution in [-0.2, 0) is 4.79 Å². The number of urea groups is 1. The average Bonchev–Trinajstić information content (AvgIpc) is 2.97. The summed E-state index contributed by atoms with van der Waals surface area (Å²) in [6, 6.07) is 0.480. The molecule has 1 saturated heterocycles. The van der Waals surface area contributed by atoms with Gasteiger partial charge in [0.1, 0.15) is 6.54 Å². The van der Waals surface area contributed by atoms with Gasteiger partial charge >= 0.3 is 6.03 Å². The topological polar surface area (TPSA) is 40.6 Å². The third-order valence-corrected chi connectivity index (χ3v) is 5.07. The van der Waals surface area contributed by atoms with Crippen LogP contribution in [0.2, 0.25) is 0 Å². The van der Waals surface area contributed by atoms with Crippen molar-refractivity contribution in [3.8, 4) is 0 Å². The maximum atomic E-state index is 12.5. The number of hydrogen-bond acceptors (Lipinski definition) is 2. The highest BCUT2D eigenvalue weighted by molar-refractivity contribution is 6.02. The third kappa shape index (κ3) is 2.37. The van der Waals surface area contributed by atoms with E-state index in [1.165, 1.54) is 19.3 Å². The lowest BCUT2D eigenvalue weighted by molar-refractivity contribution is -0.127. The molecule has 0 bridgehead atoms. The van der Waals surface area contributed by atoms with Crippen LogP contribution >= 0.6 is 0 Å². The van der Waals surface area contributed by atoms with E-state index >= 15 is 0 Å². The van der Waals surface area contributed by atoms with E-state index in [-0.39, 0.29) is 18.0 Å². The van der Waals surface area contributed by atoms with Crippen LogP contribution < -0.4 is 0 Å². The van der Waals surface area contributed by atoms with E-state index in [9.17, 15) is 9.59 Å². The average molecular weight is 264 g/mol. The van der Waals surface area contributed by atoms with E-state index in [0.29, 0.717) is 18.5 Å². The van der Waals surface area contributed by atoms with Crippen LogP contribution in [0.15, 0.2) is 0 Å². The molecule has 3 aliphatic rings. The Hall–Kier alpha value is -1.06. The molecule has 19 heavy (non-hydrogen) atoms. The van der Waals surface area contributed by atoms with E-state index in [4.69, 9.17) is 0 Å². The number of hydrogen-bond donors (Lipinski definition) is 0. The lowest BCUT2D eigenvalue weighted by atomic mass is 9.86. The zero-order chi connectivity index (χ0) is 13.4. The number of rotatable bonds is 2. The summed E-state index contributed by atoms with van der Waals surface area (Å²) in [5.41, 5.74) is 0. The Morgan fingerprint density at radius 2 is 1.63 bits per heavy atom. The molecular formula is C15H24N2O2. The Labute approximate surface area is 115 Å². The first kappa shape index (κ1) is 12.9. The highest BCUT2D eigenvalue weighted by Gasteiger charge is 2.44. The van der Waals surface area contributed by atoms with Crippen molar-refractivity contribution in [2.45, 2.75) is 70.4 Å². The third-order valence-electron chi connectivity index (χ3n) is 5.07. The molecule has 4 heteroatoms. The molecule has 2 saturated carbocycles. The minimum absolute atomic E-state index is 0.00370. The van der Waals surface area contributed by atoms with Crippen molar-refractivity contribution in [2.75, 3.05) is 6.54 Å². The van der Waals surface area contributed by atoms with Crippen LogP contribution in [0.4, 0.5) is 4.79 Å². The number of carbonyl (C=O) groups excluding carboxylic acids is 2. The molecule has 0 aromatic rings. The van der Waals surface area contributed by atoms with Crippen LogP contribution in [0.1, 0.15) is 58.3 Å². The fourth-order valence-corrected chi connectivity index (χ4v) is 4.03. The van der Waals surface area contributed by atoms with E-state index in [1.807, 2.05) is 4.90 Å². The summed E-state index contributed by atoms with van der Waals surface area (Å²) in [7, 11) is 0. The summed E-state index contributed by atoms with van der Waals surface area (Å²) in [6.07, 6.45) is 8.93. The first-order valence-corrected chi connectivity index (χ1v) is 7.79. The van der Waals surface area contributed by atoms with Gasteiger partial charge in [0.25, 0.3) is 5.91 Å². The molecule has 0 aromatic heterocycles. The minimum atomic E-state index is -0.00370. The molecule has 106 valence electrons. The van der Waals surface area contributed by atoms with Crippen molar-refractivity contribution < 1.29 is 9.59 Å². The Bertz CT molecular complexity index is 376. The number of imide groups is 1. The summed E-state index contributed by atoms with van der Waals surface area (Å²) in [5.74, 6) is 0.677. The Morgan fingerprint density at radius 3 is 2.32 bits per heavy atom. The summed E-state index contributed by atoms with van der Waals surface area (Å²) in [4.78, 5) is 28.2. The van der Waals surface area contributed by atoms with Crippen molar-refractivity contribution in [1.82, 2.24) is 9.80 Å². The minimum Gasteiger partial charge on any atom is -0.312 e. The maximum Gasteiger partial charge on any atom is 0.327 e. The van der Waals surface area contributed by atoms with Crippen molar-refractivity contribution in [3.05, 3.63) is 0 Å². The molecule has 2 aliphatic carbocycles. The predicted octanol–water partition coefficient (Wildman–Crippen LogP) is 2.77. The van der Waals surface area contributed by atoms with Gasteiger partial charge in [-0.3, -0.25) is 9.69 Å². The number of amides is 3. The Kier molecular flexibility index (Phi) is 3.50. The smallest absolute Gasteiger partial charge is 0.312 e. The van der Waals surface area contributed by atoms with E-state index in [2.05, 4.69) is 6.92 Å². The van der Waals surface area contributed by atoms with Gasteiger partial charge in [-0.15, -0.1) is 0 Å². The summed E-state index contributed by atoms with van der Waals surface area (Å²) in [5, 5.41) is 0. The first-order valence-electron chi connectivity index (χ1n) is 7.79. The molecule has 2 atom stereocenters. The van der Waals surface area contributed by atoms with Crippen molar-refractivity contribution in [2.24, 2.45) is 5.92 Å². The van der Waals surface area contributed by atoms with Crippen LogP contribution in [0, 0.1) is 5.92 Å². The molecule has 3 fully saturated rings. The van der Waals surface area contributed by atoms with Gasteiger partial charge in [-0.1, -0.05) is 32.6 Å². The molecule has 0 aromatic carbocycles. The largest absolute Gasteiger partial charge is 0.327 e. The molecule has 0 spiro atoms. The Morgan fingerprint density at radius 1 is 0.947 bits per heavy atom. The standard InChI is InChI=1S/C15H24N2O2/c1-11-5-4-8-13(9-11)17-14(18)10-16(15(17)19)12-6-2-3-7-12/h11-13H,2-10H2,1H3. The van der Waals surface area contributed by atoms with Gasteiger partial charge in [0.05, 0.1) is 0 Å². The lowest BCUT2D eigenvalue weighted by Crippen LogP contribution is -2.44. The normalized spacial score (nSPS) is 33.5. The molecule has 2 unspecified atom stereocenters. The van der Waals surface area contributed by atoms with E-state index in [1.54, 1.807) is 4.90 Å². The van der Waals surface area contributed by atoms with Crippen molar-refractivity contribution in [1.29, 1.82) is 0 Å². The molecule has 3 amide bonds. The van der Waals surface area contributed by atoms with E-state index < -0.39 is 0 Å². The van der Waals surface area contributed by atoms with Gasteiger partial charge in [-0.25, -0.2) is 4.79 Å². The van der Waals surface area contributed by atoms with Crippen LogP contribution in [0.5, 0.6) is 0 Å².